The lowest BCUT2D eigenvalue weighted by Crippen LogP contribution is -2.57. The lowest BCUT2D eigenvalue weighted by atomic mass is 10.1. The maximum absolute atomic E-state index is 12.5. The van der Waals surface area contributed by atoms with Crippen LogP contribution in [0.2, 0.25) is 0 Å². The van der Waals surface area contributed by atoms with E-state index in [0.717, 1.165) is 10.6 Å². The molecule has 0 spiro atoms. The summed E-state index contributed by atoms with van der Waals surface area (Å²) in [4.78, 5) is 24.5. The first-order valence-electron chi connectivity index (χ1n) is 6.65. The van der Waals surface area contributed by atoms with Crippen LogP contribution in [0, 0.1) is 6.92 Å². The highest BCUT2D eigenvalue weighted by atomic mass is 16.6. The van der Waals surface area contributed by atoms with E-state index >= 15 is 0 Å². The molecule has 0 saturated heterocycles. The highest BCUT2D eigenvalue weighted by molar-refractivity contribution is 5.98. The number of nitrogens with zero attached hydrogens (tertiary/aromatic N) is 1. The monoisotopic (exact) mass is 290 g/mol. The second-order valence-corrected chi connectivity index (χ2v) is 4.90. The molecular formula is C15H18N2O4. The standard InChI is InChI=1S/C15H18N2O4/c1-4-21-14(19)15(20)9-11(3)16-17(15)13(18)12-7-5-6-10(2)8-12/h5-9,16,20H,4H2,1-3H3. The number of ether oxygens (including phenoxy) is 1. The van der Waals surface area contributed by atoms with E-state index in [4.69, 9.17) is 4.74 Å². The number of amides is 1. The zero-order valence-corrected chi connectivity index (χ0v) is 12.2. The fourth-order valence-electron chi connectivity index (χ4n) is 2.16. The van der Waals surface area contributed by atoms with Crippen LogP contribution < -0.4 is 5.43 Å². The Kier molecular flexibility index (Phi) is 3.99. The molecule has 1 aromatic rings. The molecule has 2 N–H and O–H groups in total. The van der Waals surface area contributed by atoms with Crippen LogP contribution in [0.15, 0.2) is 36.0 Å². The van der Waals surface area contributed by atoms with Crippen molar-refractivity contribution in [1.82, 2.24) is 10.4 Å². The van der Waals surface area contributed by atoms with Gasteiger partial charge in [0.15, 0.2) is 0 Å². The number of carbonyl (C=O) groups is 2. The molecule has 6 heteroatoms. The summed E-state index contributed by atoms with van der Waals surface area (Å²) < 4.78 is 4.85. The number of esters is 1. The van der Waals surface area contributed by atoms with Gasteiger partial charge in [-0.05, 0) is 32.9 Å². The molecule has 1 aromatic carbocycles. The van der Waals surface area contributed by atoms with Crippen molar-refractivity contribution in [3.63, 3.8) is 0 Å². The van der Waals surface area contributed by atoms with E-state index in [9.17, 15) is 14.7 Å². The molecule has 0 aromatic heterocycles. The number of benzene rings is 1. The minimum Gasteiger partial charge on any atom is -0.462 e. The fourth-order valence-corrected chi connectivity index (χ4v) is 2.16. The van der Waals surface area contributed by atoms with Gasteiger partial charge in [-0.2, -0.15) is 0 Å². The molecule has 2 rings (SSSR count). The number of nitrogens with one attached hydrogen (secondary N) is 1. The lowest BCUT2D eigenvalue weighted by molar-refractivity contribution is -0.174. The summed E-state index contributed by atoms with van der Waals surface area (Å²) >= 11 is 0. The van der Waals surface area contributed by atoms with Gasteiger partial charge in [-0.1, -0.05) is 17.7 Å². The van der Waals surface area contributed by atoms with Gasteiger partial charge in [0, 0.05) is 17.3 Å². The van der Waals surface area contributed by atoms with Crippen molar-refractivity contribution in [3.05, 3.63) is 47.2 Å². The molecule has 0 bridgehead atoms. The Bertz CT molecular complexity index is 611. The van der Waals surface area contributed by atoms with Crippen LogP contribution in [0.4, 0.5) is 0 Å². The van der Waals surface area contributed by atoms with E-state index < -0.39 is 17.6 Å². The Balaban J connectivity index is 2.34. The van der Waals surface area contributed by atoms with Crippen LogP contribution in [-0.2, 0) is 9.53 Å². The van der Waals surface area contributed by atoms with Gasteiger partial charge in [0.1, 0.15) is 0 Å². The largest absolute Gasteiger partial charge is 0.462 e. The Morgan fingerprint density at radius 2 is 2.10 bits per heavy atom. The third kappa shape index (κ3) is 2.75. The third-order valence-corrected chi connectivity index (χ3v) is 3.09. The SMILES string of the molecule is CCOC(=O)C1(O)C=C(C)NN1C(=O)c1cccc(C)c1. The van der Waals surface area contributed by atoms with Gasteiger partial charge in [0.2, 0.25) is 0 Å². The topological polar surface area (TPSA) is 78.9 Å². The minimum atomic E-state index is -2.14. The average Bonchev–Trinajstić information content (AvgIpc) is 2.75. The van der Waals surface area contributed by atoms with Gasteiger partial charge in [-0.25, -0.2) is 9.80 Å². The summed E-state index contributed by atoms with van der Waals surface area (Å²) in [7, 11) is 0. The number of aliphatic hydroxyl groups is 1. The molecule has 112 valence electrons. The van der Waals surface area contributed by atoms with Gasteiger partial charge in [0.25, 0.3) is 11.6 Å². The number of hydrazine groups is 1. The van der Waals surface area contributed by atoms with Gasteiger partial charge in [0.05, 0.1) is 6.61 Å². The molecule has 1 heterocycles. The summed E-state index contributed by atoms with van der Waals surface area (Å²) in [6.45, 7) is 5.25. The summed E-state index contributed by atoms with van der Waals surface area (Å²) in [5.41, 5.74) is 2.33. The predicted molar refractivity (Wildman–Crippen MR) is 75.8 cm³/mol. The Morgan fingerprint density at radius 1 is 1.38 bits per heavy atom. The molecule has 0 fully saturated rings. The number of hydrogen-bond donors (Lipinski definition) is 2. The summed E-state index contributed by atoms with van der Waals surface area (Å²) in [6, 6.07) is 6.90. The molecule has 0 aliphatic carbocycles. The number of hydrogen-bond acceptors (Lipinski definition) is 5. The molecule has 21 heavy (non-hydrogen) atoms. The third-order valence-electron chi connectivity index (χ3n) is 3.09. The summed E-state index contributed by atoms with van der Waals surface area (Å²) in [6.07, 6.45) is 1.26. The predicted octanol–water partition coefficient (Wildman–Crippen LogP) is 1.11. The molecule has 1 atom stereocenters. The lowest BCUT2D eigenvalue weighted by Gasteiger charge is -2.30. The van der Waals surface area contributed by atoms with E-state index in [1.807, 2.05) is 13.0 Å². The van der Waals surface area contributed by atoms with Gasteiger partial charge in [-0.15, -0.1) is 0 Å². The minimum absolute atomic E-state index is 0.112. The number of carbonyl (C=O) groups excluding carboxylic acids is 2. The molecule has 1 aliphatic heterocycles. The molecule has 0 radical (unpaired) electrons. The fraction of sp³-hybridized carbons (Fsp3) is 0.333. The van der Waals surface area contributed by atoms with Crippen molar-refractivity contribution < 1.29 is 19.4 Å². The quantitative estimate of drug-likeness (QED) is 0.815. The molecule has 1 unspecified atom stereocenters. The second kappa shape index (κ2) is 5.57. The van der Waals surface area contributed by atoms with Gasteiger partial charge >= 0.3 is 5.97 Å². The van der Waals surface area contributed by atoms with Crippen LogP contribution in [0.1, 0.15) is 29.8 Å². The zero-order chi connectivity index (χ0) is 15.6. The normalized spacial score (nSPS) is 20.8. The number of allylic oxidation sites excluding steroid dienone is 1. The van der Waals surface area contributed by atoms with E-state index in [1.165, 1.54) is 6.08 Å². The second-order valence-electron chi connectivity index (χ2n) is 4.90. The number of rotatable bonds is 3. The molecule has 1 aliphatic rings. The molecule has 6 nitrogen and oxygen atoms in total. The molecule has 0 saturated carbocycles. The van der Waals surface area contributed by atoms with E-state index in [0.29, 0.717) is 11.3 Å². The van der Waals surface area contributed by atoms with Crippen LogP contribution >= 0.6 is 0 Å². The van der Waals surface area contributed by atoms with Crippen molar-refractivity contribution >= 4 is 11.9 Å². The van der Waals surface area contributed by atoms with Crippen LogP contribution in [-0.4, -0.2) is 34.3 Å². The van der Waals surface area contributed by atoms with Crippen LogP contribution in [0.25, 0.3) is 0 Å². The van der Waals surface area contributed by atoms with Crippen LogP contribution in [0.5, 0.6) is 0 Å². The van der Waals surface area contributed by atoms with Crippen molar-refractivity contribution in [1.29, 1.82) is 0 Å². The van der Waals surface area contributed by atoms with Crippen molar-refractivity contribution in [2.45, 2.75) is 26.5 Å². The van der Waals surface area contributed by atoms with E-state index in [-0.39, 0.29) is 6.61 Å². The maximum atomic E-state index is 12.5. The van der Waals surface area contributed by atoms with E-state index in [2.05, 4.69) is 5.43 Å². The highest BCUT2D eigenvalue weighted by Crippen LogP contribution is 2.25. The summed E-state index contributed by atoms with van der Waals surface area (Å²) in [5, 5.41) is 11.4. The van der Waals surface area contributed by atoms with Gasteiger partial charge in [-0.3, -0.25) is 10.2 Å². The van der Waals surface area contributed by atoms with Crippen molar-refractivity contribution in [2.75, 3.05) is 6.61 Å². The van der Waals surface area contributed by atoms with Crippen molar-refractivity contribution in [2.24, 2.45) is 0 Å². The molecular weight excluding hydrogens is 272 g/mol. The molecule has 1 amide bonds. The Hall–Kier alpha value is -2.34. The Morgan fingerprint density at radius 3 is 2.71 bits per heavy atom. The van der Waals surface area contributed by atoms with Crippen molar-refractivity contribution in [3.8, 4) is 0 Å². The first kappa shape index (κ1) is 15.1. The smallest absolute Gasteiger partial charge is 0.366 e. The van der Waals surface area contributed by atoms with E-state index in [1.54, 1.807) is 32.0 Å². The summed E-state index contributed by atoms with van der Waals surface area (Å²) in [5.74, 6) is -1.40. The first-order chi connectivity index (χ1) is 9.88. The zero-order valence-electron chi connectivity index (χ0n) is 12.2. The van der Waals surface area contributed by atoms with Gasteiger partial charge < -0.3 is 9.84 Å². The first-order valence-corrected chi connectivity index (χ1v) is 6.65. The Labute approximate surface area is 123 Å². The number of aryl methyl sites for hydroxylation is 1. The van der Waals surface area contributed by atoms with Crippen LogP contribution in [0.3, 0.4) is 0 Å². The maximum Gasteiger partial charge on any atom is 0.366 e. The highest BCUT2D eigenvalue weighted by Gasteiger charge is 2.49. The average molecular weight is 290 g/mol.